The number of hydrogen-bond donors (Lipinski definition) is 0. The molecule has 0 aliphatic carbocycles. The fraction of sp³-hybridized carbons (Fsp3) is 0.250. The molecule has 0 saturated heterocycles. The molecule has 0 spiro atoms. The zero-order chi connectivity index (χ0) is 14.7. The minimum Gasteiger partial charge on any atom is -0.370 e. The molecule has 0 radical (unpaired) electrons. The van der Waals surface area contributed by atoms with E-state index in [2.05, 4.69) is 36.9 Å². The molecule has 2 aromatic rings. The van der Waals surface area contributed by atoms with E-state index in [0.717, 1.165) is 11.3 Å². The Bertz CT molecular complexity index is 618. The fourth-order valence-electron chi connectivity index (χ4n) is 2.30. The van der Waals surface area contributed by atoms with Crippen LogP contribution in [0.3, 0.4) is 0 Å². The number of rotatable bonds is 4. The number of anilines is 1. The molecule has 2 aromatic carbocycles. The molecule has 0 aliphatic heterocycles. The van der Waals surface area contributed by atoms with Gasteiger partial charge in [-0.1, -0.05) is 18.2 Å². The van der Waals surface area contributed by atoms with Crippen LogP contribution in [-0.2, 0) is 6.54 Å². The molecule has 0 heterocycles. The molecule has 0 fully saturated rings. The summed E-state index contributed by atoms with van der Waals surface area (Å²) in [6.07, 6.45) is 0. The van der Waals surface area contributed by atoms with E-state index in [4.69, 9.17) is 0 Å². The van der Waals surface area contributed by atoms with Gasteiger partial charge in [0.15, 0.2) is 0 Å². The van der Waals surface area contributed by atoms with E-state index in [0.29, 0.717) is 6.54 Å². The molecule has 0 N–H and O–H groups in total. The Kier molecular flexibility index (Phi) is 4.03. The summed E-state index contributed by atoms with van der Waals surface area (Å²) < 4.78 is 0. The van der Waals surface area contributed by atoms with E-state index in [9.17, 15) is 10.1 Å². The van der Waals surface area contributed by atoms with Crippen LogP contribution in [0.1, 0.15) is 16.7 Å². The van der Waals surface area contributed by atoms with Crippen LogP contribution in [0.5, 0.6) is 0 Å². The van der Waals surface area contributed by atoms with Crippen molar-refractivity contribution in [3.8, 4) is 0 Å². The van der Waals surface area contributed by atoms with Gasteiger partial charge in [-0.15, -0.1) is 0 Å². The molecule has 0 amide bonds. The standard InChI is InChI=1S/C16H18N2O2/c1-12-7-13(2)9-16(8-12)17(3)11-14-5-4-6-15(10-14)18(19)20/h4-10H,11H2,1-3H3. The van der Waals surface area contributed by atoms with Crippen LogP contribution in [0.25, 0.3) is 0 Å². The third kappa shape index (κ3) is 3.35. The highest BCUT2D eigenvalue weighted by Crippen LogP contribution is 2.21. The minimum atomic E-state index is -0.361. The van der Waals surface area contributed by atoms with E-state index < -0.39 is 0 Å². The van der Waals surface area contributed by atoms with Crippen LogP contribution in [0, 0.1) is 24.0 Å². The van der Waals surface area contributed by atoms with Crippen LogP contribution in [-0.4, -0.2) is 12.0 Å². The van der Waals surface area contributed by atoms with E-state index in [1.54, 1.807) is 12.1 Å². The predicted octanol–water partition coefficient (Wildman–Crippen LogP) is 3.85. The Morgan fingerprint density at radius 1 is 1.10 bits per heavy atom. The van der Waals surface area contributed by atoms with Crippen LogP contribution >= 0.6 is 0 Å². The van der Waals surface area contributed by atoms with Crippen molar-refractivity contribution in [2.45, 2.75) is 20.4 Å². The Morgan fingerprint density at radius 2 is 1.75 bits per heavy atom. The summed E-state index contributed by atoms with van der Waals surface area (Å²) in [4.78, 5) is 12.5. The predicted molar refractivity (Wildman–Crippen MR) is 81.1 cm³/mol. The van der Waals surface area contributed by atoms with Crippen molar-refractivity contribution in [1.82, 2.24) is 0 Å². The third-order valence-corrected chi connectivity index (χ3v) is 3.19. The molecule has 0 unspecified atom stereocenters. The summed E-state index contributed by atoms with van der Waals surface area (Å²) in [5.41, 5.74) is 4.61. The minimum absolute atomic E-state index is 0.135. The number of benzene rings is 2. The zero-order valence-corrected chi connectivity index (χ0v) is 12.0. The Morgan fingerprint density at radius 3 is 2.35 bits per heavy atom. The van der Waals surface area contributed by atoms with Crippen molar-refractivity contribution >= 4 is 11.4 Å². The van der Waals surface area contributed by atoms with Gasteiger partial charge >= 0.3 is 0 Å². The van der Waals surface area contributed by atoms with Gasteiger partial charge in [0.25, 0.3) is 5.69 Å². The second kappa shape index (κ2) is 5.74. The Hall–Kier alpha value is -2.36. The number of nitro groups is 1. The number of hydrogen-bond acceptors (Lipinski definition) is 3. The first kappa shape index (κ1) is 14.1. The first-order valence-corrected chi connectivity index (χ1v) is 6.48. The number of nitrogens with zero attached hydrogens (tertiary/aromatic N) is 2. The monoisotopic (exact) mass is 270 g/mol. The maximum absolute atomic E-state index is 10.8. The van der Waals surface area contributed by atoms with Crippen molar-refractivity contribution in [1.29, 1.82) is 0 Å². The van der Waals surface area contributed by atoms with Crippen molar-refractivity contribution in [2.75, 3.05) is 11.9 Å². The molecular formula is C16H18N2O2. The summed E-state index contributed by atoms with van der Waals surface area (Å²) >= 11 is 0. The SMILES string of the molecule is Cc1cc(C)cc(N(C)Cc2cccc([N+](=O)[O-])c2)c1. The normalized spacial score (nSPS) is 10.3. The molecular weight excluding hydrogens is 252 g/mol. The van der Waals surface area contributed by atoms with Gasteiger partial charge in [-0.05, 0) is 42.7 Å². The van der Waals surface area contributed by atoms with Gasteiger partial charge in [-0.3, -0.25) is 10.1 Å². The van der Waals surface area contributed by atoms with Crippen LogP contribution < -0.4 is 4.90 Å². The lowest BCUT2D eigenvalue weighted by Crippen LogP contribution is -2.16. The Labute approximate surface area is 118 Å². The van der Waals surface area contributed by atoms with Gasteiger partial charge in [0.2, 0.25) is 0 Å². The molecule has 4 nitrogen and oxygen atoms in total. The highest BCUT2D eigenvalue weighted by Gasteiger charge is 2.08. The molecule has 4 heteroatoms. The lowest BCUT2D eigenvalue weighted by atomic mass is 10.1. The molecule has 0 bridgehead atoms. The maximum Gasteiger partial charge on any atom is 0.269 e. The summed E-state index contributed by atoms with van der Waals surface area (Å²) in [5, 5.41) is 10.8. The van der Waals surface area contributed by atoms with Gasteiger partial charge in [0, 0.05) is 31.4 Å². The summed E-state index contributed by atoms with van der Waals surface area (Å²) in [7, 11) is 1.99. The lowest BCUT2D eigenvalue weighted by molar-refractivity contribution is -0.384. The highest BCUT2D eigenvalue weighted by molar-refractivity contribution is 5.51. The van der Waals surface area contributed by atoms with Crippen molar-refractivity contribution in [3.63, 3.8) is 0 Å². The quantitative estimate of drug-likeness (QED) is 0.626. The smallest absolute Gasteiger partial charge is 0.269 e. The highest BCUT2D eigenvalue weighted by atomic mass is 16.6. The maximum atomic E-state index is 10.8. The average Bonchev–Trinajstić information content (AvgIpc) is 2.37. The lowest BCUT2D eigenvalue weighted by Gasteiger charge is -2.20. The topological polar surface area (TPSA) is 46.4 Å². The van der Waals surface area contributed by atoms with Crippen LogP contribution in [0.2, 0.25) is 0 Å². The van der Waals surface area contributed by atoms with Crippen molar-refractivity contribution < 1.29 is 4.92 Å². The van der Waals surface area contributed by atoms with Gasteiger partial charge in [-0.2, -0.15) is 0 Å². The van der Waals surface area contributed by atoms with Gasteiger partial charge in [0.05, 0.1) is 4.92 Å². The van der Waals surface area contributed by atoms with Crippen LogP contribution in [0.15, 0.2) is 42.5 Å². The average molecular weight is 270 g/mol. The van der Waals surface area contributed by atoms with E-state index in [1.807, 2.05) is 13.1 Å². The molecule has 0 aliphatic rings. The molecule has 0 aromatic heterocycles. The first-order valence-electron chi connectivity index (χ1n) is 6.48. The number of non-ortho nitro benzene ring substituents is 1. The number of aryl methyl sites for hydroxylation is 2. The van der Waals surface area contributed by atoms with Gasteiger partial charge in [-0.25, -0.2) is 0 Å². The Balaban J connectivity index is 2.20. The molecule has 0 atom stereocenters. The van der Waals surface area contributed by atoms with Gasteiger partial charge < -0.3 is 4.90 Å². The van der Waals surface area contributed by atoms with E-state index >= 15 is 0 Å². The fourth-order valence-corrected chi connectivity index (χ4v) is 2.30. The number of nitro benzene ring substituents is 1. The molecule has 104 valence electrons. The van der Waals surface area contributed by atoms with E-state index in [1.165, 1.54) is 17.2 Å². The molecule has 2 rings (SSSR count). The van der Waals surface area contributed by atoms with Crippen molar-refractivity contribution in [3.05, 3.63) is 69.3 Å². The second-order valence-corrected chi connectivity index (χ2v) is 5.13. The summed E-state index contributed by atoms with van der Waals surface area (Å²) in [6, 6.07) is 13.1. The third-order valence-electron chi connectivity index (χ3n) is 3.19. The molecule has 0 saturated carbocycles. The first-order chi connectivity index (χ1) is 9.45. The van der Waals surface area contributed by atoms with Crippen LogP contribution in [0.4, 0.5) is 11.4 Å². The second-order valence-electron chi connectivity index (χ2n) is 5.13. The largest absolute Gasteiger partial charge is 0.370 e. The van der Waals surface area contributed by atoms with Gasteiger partial charge in [0.1, 0.15) is 0 Å². The molecule has 20 heavy (non-hydrogen) atoms. The van der Waals surface area contributed by atoms with Crippen molar-refractivity contribution in [2.24, 2.45) is 0 Å². The summed E-state index contributed by atoms with van der Waals surface area (Å²) in [5.74, 6) is 0. The zero-order valence-electron chi connectivity index (χ0n) is 12.0. The van der Waals surface area contributed by atoms with E-state index in [-0.39, 0.29) is 10.6 Å². The summed E-state index contributed by atoms with van der Waals surface area (Å²) in [6.45, 7) is 4.78.